The van der Waals surface area contributed by atoms with Gasteiger partial charge in [-0.3, -0.25) is 0 Å². The van der Waals surface area contributed by atoms with Crippen LogP contribution in [0, 0.1) is 0 Å². The van der Waals surface area contributed by atoms with Crippen LogP contribution in [-0.4, -0.2) is 23.2 Å². The zero-order valence-electron chi connectivity index (χ0n) is 10.1. The molecule has 1 aromatic heterocycles. The van der Waals surface area contributed by atoms with Gasteiger partial charge in [-0.1, -0.05) is 24.9 Å². The Bertz CT molecular complexity index is 305. The first-order valence-corrected chi connectivity index (χ1v) is 6.47. The molecular weight excluding hydrogens is 202 g/mol. The first kappa shape index (κ1) is 11.4. The van der Waals surface area contributed by atoms with Gasteiger partial charge in [0.1, 0.15) is 0 Å². The lowest BCUT2D eigenvalue weighted by Crippen LogP contribution is -2.29. The Morgan fingerprint density at radius 3 is 2.75 bits per heavy atom. The summed E-state index contributed by atoms with van der Waals surface area (Å²) in [5, 5.41) is 4.04. The van der Waals surface area contributed by atoms with E-state index in [9.17, 15) is 0 Å². The van der Waals surface area contributed by atoms with E-state index in [2.05, 4.69) is 22.0 Å². The summed E-state index contributed by atoms with van der Waals surface area (Å²) < 4.78 is 5.30. The second kappa shape index (κ2) is 5.87. The highest BCUT2D eigenvalue weighted by Gasteiger charge is 2.16. The van der Waals surface area contributed by atoms with Crippen molar-refractivity contribution in [3.63, 3.8) is 0 Å². The van der Waals surface area contributed by atoms with Crippen molar-refractivity contribution in [1.29, 1.82) is 0 Å². The number of rotatable bonds is 5. The average molecular weight is 223 g/mol. The number of piperidine rings is 1. The molecule has 1 aliphatic rings. The maximum atomic E-state index is 5.30. The molecule has 0 spiro atoms. The van der Waals surface area contributed by atoms with E-state index in [4.69, 9.17) is 4.52 Å². The van der Waals surface area contributed by atoms with Gasteiger partial charge < -0.3 is 9.42 Å². The van der Waals surface area contributed by atoms with Crippen LogP contribution in [0.4, 0.5) is 6.01 Å². The van der Waals surface area contributed by atoms with Crippen molar-refractivity contribution in [3.8, 4) is 0 Å². The van der Waals surface area contributed by atoms with E-state index >= 15 is 0 Å². The zero-order chi connectivity index (χ0) is 11.2. The van der Waals surface area contributed by atoms with Gasteiger partial charge in [0.25, 0.3) is 0 Å². The Kier molecular flexibility index (Phi) is 4.19. The minimum atomic E-state index is 0.728. The topological polar surface area (TPSA) is 42.2 Å². The van der Waals surface area contributed by atoms with Gasteiger partial charge in [0.05, 0.1) is 0 Å². The normalized spacial score (nSPS) is 16.7. The summed E-state index contributed by atoms with van der Waals surface area (Å²) in [4.78, 5) is 6.66. The molecule has 90 valence electrons. The molecule has 0 aromatic carbocycles. The fraction of sp³-hybridized carbons (Fsp3) is 0.833. The van der Waals surface area contributed by atoms with Crippen molar-refractivity contribution in [1.82, 2.24) is 10.1 Å². The summed E-state index contributed by atoms with van der Waals surface area (Å²) in [5.41, 5.74) is 0. The SMILES string of the molecule is CCCCCc1noc(N2CCCCC2)n1. The van der Waals surface area contributed by atoms with E-state index in [1.165, 1.54) is 32.1 Å². The van der Waals surface area contributed by atoms with Gasteiger partial charge in [-0.05, 0) is 25.7 Å². The minimum absolute atomic E-state index is 0.728. The summed E-state index contributed by atoms with van der Waals surface area (Å²) in [6.45, 7) is 4.34. The van der Waals surface area contributed by atoms with Gasteiger partial charge in [0.15, 0.2) is 5.82 Å². The minimum Gasteiger partial charge on any atom is -0.324 e. The number of unbranched alkanes of at least 4 members (excludes halogenated alkanes) is 2. The first-order chi connectivity index (χ1) is 7.90. The van der Waals surface area contributed by atoms with Gasteiger partial charge in [-0.25, -0.2) is 0 Å². The predicted octanol–water partition coefficient (Wildman–Crippen LogP) is 2.79. The van der Waals surface area contributed by atoms with Crippen molar-refractivity contribution in [3.05, 3.63) is 5.82 Å². The van der Waals surface area contributed by atoms with Crippen LogP contribution < -0.4 is 4.90 Å². The van der Waals surface area contributed by atoms with Gasteiger partial charge in [-0.15, -0.1) is 0 Å². The van der Waals surface area contributed by atoms with Crippen molar-refractivity contribution >= 4 is 6.01 Å². The number of hydrogen-bond donors (Lipinski definition) is 0. The van der Waals surface area contributed by atoms with Crippen molar-refractivity contribution in [2.75, 3.05) is 18.0 Å². The number of aryl methyl sites for hydroxylation is 1. The summed E-state index contributed by atoms with van der Waals surface area (Å²) in [6, 6.07) is 0.728. The number of anilines is 1. The predicted molar refractivity (Wildman–Crippen MR) is 63.6 cm³/mol. The summed E-state index contributed by atoms with van der Waals surface area (Å²) >= 11 is 0. The highest BCUT2D eigenvalue weighted by atomic mass is 16.5. The second-order valence-electron chi connectivity index (χ2n) is 4.50. The molecule has 1 aromatic rings. The third kappa shape index (κ3) is 2.97. The smallest absolute Gasteiger partial charge is 0.324 e. The quantitative estimate of drug-likeness (QED) is 0.720. The van der Waals surface area contributed by atoms with Crippen LogP contribution in [0.15, 0.2) is 4.52 Å². The number of aromatic nitrogens is 2. The Balaban J connectivity index is 1.85. The molecule has 2 rings (SSSR count). The summed E-state index contributed by atoms with van der Waals surface area (Å²) in [6.07, 6.45) is 8.40. The highest BCUT2D eigenvalue weighted by Crippen LogP contribution is 2.17. The fourth-order valence-corrected chi connectivity index (χ4v) is 2.09. The largest absolute Gasteiger partial charge is 0.324 e. The van der Waals surface area contributed by atoms with Crippen molar-refractivity contribution < 1.29 is 4.52 Å². The van der Waals surface area contributed by atoms with E-state index in [0.717, 1.165) is 37.8 Å². The lowest BCUT2D eigenvalue weighted by atomic mass is 10.1. The molecule has 0 saturated carbocycles. The molecule has 4 heteroatoms. The van der Waals surface area contributed by atoms with Crippen LogP contribution in [-0.2, 0) is 6.42 Å². The van der Waals surface area contributed by atoms with E-state index in [0.29, 0.717) is 0 Å². The van der Waals surface area contributed by atoms with Crippen LogP contribution in [0.1, 0.15) is 51.3 Å². The van der Waals surface area contributed by atoms with Crippen molar-refractivity contribution in [2.24, 2.45) is 0 Å². The molecule has 0 amide bonds. The Hall–Kier alpha value is -1.06. The van der Waals surface area contributed by atoms with Gasteiger partial charge in [-0.2, -0.15) is 4.98 Å². The molecule has 1 aliphatic heterocycles. The lowest BCUT2D eigenvalue weighted by molar-refractivity contribution is 0.395. The maximum Gasteiger partial charge on any atom is 0.324 e. The van der Waals surface area contributed by atoms with Crippen LogP contribution in [0.5, 0.6) is 0 Å². The van der Waals surface area contributed by atoms with Gasteiger partial charge >= 0.3 is 6.01 Å². The van der Waals surface area contributed by atoms with Crippen molar-refractivity contribution in [2.45, 2.75) is 51.9 Å². The third-order valence-electron chi connectivity index (χ3n) is 3.09. The van der Waals surface area contributed by atoms with Crippen LogP contribution in [0.2, 0.25) is 0 Å². The van der Waals surface area contributed by atoms with Gasteiger partial charge in [0.2, 0.25) is 0 Å². The van der Waals surface area contributed by atoms with E-state index in [1.807, 2.05) is 0 Å². The van der Waals surface area contributed by atoms with Crippen LogP contribution in [0.3, 0.4) is 0 Å². The average Bonchev–Trinajstić information content (AvgIpc) is 2.79. The van der Waals surface area contributed by atoms with E-state index in [-0.39, 0.29) is 0 Å². The van der Waals surface area contributed by atoms with Gasteiger partial charge in [0, 0.05) is 19.5 Å². The molecule has 1 saturated heterocycles. The second-order valence-corrected chi connectivity index (χ2v) is 4.50. The molecule has 0 radical (unpaired) electrons. The number of nitrogens with zero attached hydrogens (tertiary/aromatic N) is 3. The summed E-state index contributed by atoms with van der Waals surface area (Å²) in [7, 11) is 0. The lowest BCUT2D eigenvalue weighted by Gasteiger charge is -2.23. The Morgan fingerprint density at radius 2 is 2.00 bits per heavy atom. The van der Waals surface area contributed by atoms with Crippen LogP contribution in [0.25, 0.3) is 0 Å². The molecule has 0 atom stereocenters. The highest BCUT2D eigenvalue weighted by molar-refractivity contribution is 5.25. The number of hydrogen-bond acceptors (Lipinski definition) is 4. The maximum absolute atomic E-state index is 5.30. The molecule has 0 bridgehead atoms. The third-order valence-corrected chi connectivity index (χ3v) is 3.09. The molecule has 0 aliphatic carbocycles. The molecule has 1 fully saturated rings. The Labute approximate surface area is 97.0 Å². The van der Waals surface area contributed by atoms with E-state index in [1.54, 1.807) is 0 Å². The molecule has 0 unspecified atom stereocenters. The monoisotopic (exact) mass is 223 g/mol. The molecule has 16 heavy (non-hydrogen) atoms. The first-order valence-electron chi connectivity index (χ1n) is 6.47. The fourth-order valence-electron chi connectivity index (χ4n) is 2.09. The Morgan fingerprint density at radius 1 is 1.19 bits per heavy atom. The molecule has 4 nitrogen and oxygen atoms in total. The zero-order valence-corrected chi connectivity index (χ0v) is 10.1. The van der Waals surface area contributed by atoms with E-state index < -0.39 is 0 Å². The molecule has 2 heterocycles. The van der Waals surface area contributed by atoms with Crippen LogP contribution >= 0.6 is 0 Å². The molecular formula is C12H21N3O. The molecule has 0 N–H and O–H groups in total. The summed E-state index contributed by atoms with van der Waals surface area (Å²) in [5.74, 6) is 0.869. The standard InChI is InChI=1S/C12H21N3O/c1-2-3-5-8-11-13-12(16-14-11)15-9-6-4-7-10-15/h2-10H2,1H3.